The second-order valence-corrected chi connectivity index (χ2v) is 14.9. The predicted molar refractivity (Wildman–Crippen MR) is 193 cm³/mol. The molecule has 0 bridgehead atoms. The molecule has 0 aromatic carbocycles. The number of carbonyl (C=O) groups is 2. The lowest BCUT2D eigenvalue weighted by molar-refractivity contribution is -0.220. The summed E-state index contributed by atoms with van der Waals surface area (Å²) < 4.78 is 33.0. The van der Waals surface area contributed by atoms with E-state index in [0.29, 0.717) is 6.42 Å². The fourth-order valence-electron chi connectivity index (χ4n) is 5.73. The van der Waals surface area contributed by atoms with Crippen LogP contribution >= 0.6 is 7.82 Å². The Kier molecular flexibility index (Phi) is 26.7. The van der Waals surface area contributed by atoms with Crippen LogP contribution in [-0.2, 0) is 32.7 Å². The number of hydrogen-bond acceptors (Lipinski definition) is 12. The van der Waals surface area contributed by atoms with Gasteiger partial charge in [0.2, 0.25) is 0 Å². The number of hydrogen-bond donors (Lipinski definition) is 6. The highest BCUT2D eigenvalue weighted by Crippen LogP contribution is 2.47. The van der Waals surface area contributed by atoms with Gasteiger partial charge in [-0.3, -0.25) is 13.8 Å². The molecule has 0 amide bonds. The Morgan fingerprint density at radius 3 is 1.65 bits per heavy atom. The van der Waals surface area contributed by atoms with Gasteiger partial charge < -0.3 is 39.9 Å². The smallest absolute Gasteiger partial charge is 0.458 e. The van der Waals surface area contributed by atoms with Crippen LogP contribution in [0.4, 0.5) is 0 Å². The van der Waals surface area contributed by atoms with Gasteiger partial charge >= 0.3 is 19.8 Å². The lowest BCUT2D eigenvalue weighted by atomic mass is 9.85. The van der Waals surface area contributed by atoms with Crippen LogP contribution in [0, 0.1) is 0 Å². The quantitative estimate of drug-likeness (QED) is 0.0171. The summed E-state index contributed by atoms with van der Waals surface area (Å²) in [7, 11) is -5.12. The van der Waals surface area contributed by atoms with Crippen LogP contribution in [0.5, 0.6) is 0 Å². The minimum atomic E-state index is -5.12. The van der Waals surface area contributed by atoms with Crippen molar-refractivity contribution in [3.63, 3.8) is 0 Å². The SMILES string of the molecule is CCCCCCCCCCCCC/C=C/C=C/C(=O)OC[C@@H](COP(=O)(O)OC1C(O)C(O)C(O)[C@H](O)C1O)OC(=O)CCCCCCCCC. The molecule has 0 aromatic heterocycles. The number of phosphoric acid groups is 1. The first-order valence-corrected chi connectivity index (χ1v) is 20.7. The molecular weight excluding hydrogens is 683 g/mol. The van der Waals surface area contributed by atoms with E-state index in [1.165, 1.54) is 69.9 Å². The molecule has 0 heterocycles. The van der Waals surface area contributed by atoms with Crippen LogP contribution < -0.4 is 0 Å². The third-order valence-electron chi connectivity index (χ3n) is 8.90. The first kappa shape index (κ1) is 47.4. The van der Waals surface area contributed by atoms with Crippen molar-refractivity contribution in [3.05, 3.63) is 24.3 Å². The van der Waals surface area contributed by atoms with Crippen molar-refractivity contribution in [2.75, 3.05) is 13.2 Å². The summed E-state index contributed by atoms with van der Waals surface area (Å²) in [4.78, 5) is 35.1. The Morgan fingerprint density at radius 1 is 0.647 bits per heavy atom. The highest BCUT2D eigenvalue weighted by Gasteiger charge is 2.51. The van der Waals surface area contributed by atoms with Crippen LogP contribution in [0.15, 0.2) is 24.3 Å². The van der Waals surface area contributed by atoms with Crippen molar-refractivity contribution in [1.29, 1.82) is 0 Å². The number of rotatable bonds is 30. The third kappa shape index (κ3) is 22.2. The van der Waals surface area contributed by atoms with Crippen LogP contribution in [0.25, 0.3) is 0 Å². The molecule has 0 aromatic rings. The average Bonchev–Trinajstić information content (AvgIpc) is 3.10. The first-order chi connectivity index (χ1) is 24.4. The number of aliphatic hydroxyl groups excluding tert-OH is 5. The topological polar surface area (TPSA) is 210 Å². The zero-order valence-corrected chi connectivity index (χ0v) is 31.8. The van der Waals surface area contributed by atoms with E-state index in [9.17, 15) is 44.6 Å². The van der Waals surface area contributed by atoms with Gasteiger partial charge in [0, 0.05) is 12.5 Å². The van der Waals surface area contributed by atoms with E-state index in [-0.39, 0.29) is 6.42 Å². The second-order valence-electron chi connectivity index (χ2n) is 13.5. The largest absolute Gasteiger partial charge is 0.472 e. The second kappa shape index (κ2) is 28.8. The Balaban J connectivity index is 2.56. The maximum atomic E-state index is 12.7. The molecule has 6 N–H and O–H groups in total. The molecule has 0 saturated heterocycles. The van der Waals surface area contributed by atoms with Crippen LogP contribution in [0.2, 0.25) is 0 Å². The zero-order valence-electron chi connectivity index (χ0n) is 30.9. The Hall–Kier alpha value is -1.67. The maximum Gasteiger partial charge on any atom is 0.472 e. The number of allylic oxidation sites excluding steroid dienone is 3. The normalized spacial score (nSPS) is 24.2. The summed E-state index contributed by atoms with van der Waals surface area (Å²) in [6, 6.07) is 0. The third-order valence-corrected chi connectivity index (χ3v) is 9.88. The Labute approximate surface area is 305 Å². The minimum absolute atomic E-state index is 0.0773. The molecule has 1 fully saturated rings. The average molecular weight is 751 g/mol. The number of ether oxygens (including phenoxy) is 2. The number of esters is 2. The van der Waals surface area contributed by atoms with Gasteiger partial charge in [0.15, 0.2) is 6.10 Å². The van der Waals surface area contributed by atoms with E-state index in [4.69, 9.17) is 18.5 Å². The van der Waals surface area contributed by atoms with Gasteiger partial charge in [0.25, 0.3) is 0 Å². The van der Waals surface area contributed by atoms with E-state index in [1.54, 1.807) is 6.08 Å². The molecule has 0 aliphatic heterocycles. The maximum absolute atomic E-state index is 12.7. The molecule has 6 unspecified atom stereocenters. The molecule has 1 aliphatic rings. The number of unbranched alkanes of at least 4 members (excludes halogenated alkanes) is 17. The number of phosphoric ester groups is 1. The van der Waals surface area contributed by atoms with E-state index >= 15 is 0 Å². The summed E-state index contributed by atoms with van der Waals surface area (Å²) in [6.45, 7) is 3.09. The molecule has 1 aliphatic carbocycles. The fraction of sp³-hybridized carbons (Fsp3) is 0.838. The highest BCUT2D eigenvalue weighted by molar-refractivity contribution is 7.47. The summed E-state index contributed by atoms with van der Waals surface area (Å²) in [6.07, 6.45) is 15.0. The number of aliphatic hydroxyl groups is 5. The summed E-state index contributed by atoms with van der Waals surface area (Å²) in [5.74, 6) is -1.36. The van der Waals surface area contributed by atoms with Gasteiger partial charge in [-0.15, -0.1) is 0 Å². The zero-order chi connectivity index (χ0) is 37.9. The van der Waals surface area contributed by atoms with Crippen molar-refractivity contribution in [1.82, 2.24) is 0 Å². The minimum Gasteiger partial charge on any atom is -0.458 e. The lowest BCUT2D eigenvalue weighted by Crippen LogP contribution is -2.64. The Bertz CT molecular complexity index is 1010. The van der Waals surface area contributed by atoms with Crippen LogP contribution in [0.1, 0.15) is 142 Å². The van der Waals surface area contributed by atoms with Gasteiger partial charge in [0.05, 0.1) is 6.61 Å². The summed E-state index contributed by atoms with van der Waals surface area (Å²) >= 11 is 0. The fourth-order valence-corrected chi connectivity index (χ4v) is 6.70. The Morgan fingerprint density at radius 2 is 1.12 bits per heavy atom. The molecule has 51 heavy (non-hydrogen) atoms. The van der Waals surface area contributed by atoms with Gasteiger partial charge in [-0.2, -0.15) is 0 Å². The lowest BCUT2D eigenvalue weighted by Gasteiger charge is -2.41. The van der Waals surface area contributed by atoms with Gasteiger partial charge in [0.1, 0.15) is 43.2 Å². The standard InChI is InChI=1S/C37H67O13P/c1-3-5-7-9-11-12-13-14-15-16-17-18-20-21-23-25-30(38)47-27-29(49-31(39)26-24-22-19-10-8-6-4-2)28-48-51(45,46)50-37-35(43)33(41)32(40)34(42)36(37)44/h20-21,23,25,29,32-37,40-44H,3-19,22,24,26-28H2,1-2H3,(H,45,46)/b21-20+,25-23+/t29-,32?,33-,34?,35?,36?,37?/m0/s1. The first-order valence-electron chi connectivity index (χ1n) is 19.2. The molecule has 1 rings (SSSR count). The van der Waals surface area contributed by atoms with Crippen LogP contribution in [-0.4, -0.2) is 98.3 Å². The van der Waals surface area contributed by atoms with Crippen molar-refractivity contribution in [3.8, 4) is 0 Å². The van der Waals surface area contributed by atoms with Gasteiger partial charge in [-0.25, -0.2) is 9.36 Å². The van der Waals surface area contributed by atoms with E-state index in [2.05, 4.69) is 13.8 Å². The molecule has 14 heteroatoms. The van der Waals surface area contributed by atoms with E-state index in [1.807, 2.05) is 6.08 Å². The van der Waals surface area contributed by atoms with Gasteiger partial charge in [-0.05, 0) is 19.3 Å². The van der Waals surface area contributed by atoms with Crippen molar-refractivity contribution < 1.29 is 63.1 Å². The van der Waals surface area contributed by atoms with Crippen molar-refractivity contribution >= 4 is 19.8 Å². The molecule has 1 saturated carbocycles. The van der Waals surface area contributed by atoms with Crippen molar-refractivity contribution in [2.24, 2.45) is 0 Å². The summed E-state index contributed by atoms with van der Waals surface area (Å²) in [5, 5.41) is 49.8. The van der Waals surface area contributed by atoms with Crippen LogP contribution in [0.3, 0.4) is 0 Å². The molecule has 298 valence electrons. The highest BCUT2D eigenvalue weighted by atomic mass is 31.2. The van der Waals surface area contributed by atoms with Crippen molar-refractivity contribution in [2.45, 2.75) is 185 Å². The molecule has 13 nitrogen and oxygen atoms in total. The molecule has 0 radical (unpaired) electrons. The molecule has 8 atom stereocenters. The van der Waals surface area contributed by atoms with Gasteiger partial charge in [-0.1, -0.05) is 135 Å². The predicted octanol–water partition coefficient (Wildman–Crippen LogP) is 5.72. The van der Waals surface area contributed by atoms with E-state index in [0.717, 1.165) is 57.8 Å². The monoisotopic (exact) mass is 750 g/mol. The van der Waals surface area contributed by atoms with E-state index < -0.39 is 75.7 Å². The molecular formula is C37H67O13P. The number of carbonyl (C=O) groups excluding carboxylic acids is 2. The molecule has 0 spiro atoms. The summed E-state index contributed by atoms with van der Waals surface area (Å²) in [5.41, 5.74) is 0.